The van der Waals surface area contributed by atoms with Gasteiger partial charge in [-0.15, -0.1) is 0 Å². The van der Waals surface area contributed by atoms with Crippen molar-refractivity contribution in [3.05, 3.63) is 0 Å². The standard InChI is InChI=1S/C5H14N2OS/c1-7(2)4-3-5-9(6)8/h3-6H2,1-2H3. The van der Waals surface area contributed by atoms with Gasteiger partial charge in [0.05, 0.1) is 11.0 Å². The van der Waals surface area contributed by atoms with Crippen molar-refractivity contribution in [1.29, 1.82) is 0 Å². The molecule has 0 aliphatic heterocycles. The van der Waals surface area contributed by atoms with Crippen molar-refractivity contribution in [1.82, 2.24) is 4.90 Å². The number of hydrogen-bond acceptors (Lipinski definition) is 2. The lowest BCUT2D eigenvalue weighted by molar-refractivity contribution is 0.409. The van der Waals surface area contributed by atoms with Crippen molar-refractivity contribution in [2.75, 3.05) is 26.4 Å². The van der Waals surface area contributed by atoms with Gasteiger partial charge >= 0.3 is 0 Å². The van der Waals surface area contributed by atoms with Crippen LogP contribution < -0.4 is 5.14 Å². The first-order valence-electron chi connectivity index (χ1n) is 2.90. The van der Waals surface area contributed by atoms with Gasteiger partial charge in [0.15, 0.2) is 0 Å². The molecule has 4 heteroatoms. The van der Waals surface area contributed by atoms with E-state index in [2.05, 4.69) is 0 Å². The molecule has 0 aromatic heterocycles. The molecule has 3 nitrogen and oxygen atoms in total. The Balaban J connectivity index is 3.01. The molecule has 0 fully saturated rings. The summed E-state index contributed by atoms with van der Waals surface area (Å²) in [5, 5.41) is 5.03. The van der Waals surface area contributed by atoms with E-state index in [1.165, 1.54) is 0 Å². The minimum Gasteiger partial charge on any atom is -0.309 e. The highest BCUT2D eigenvalue weighted by molar-refractivity contribution is 7.82. The molecule has 56 valence electrons. The zero-order chi connectivity index (χ0) is 7.28. The third kappa shape index (κ3) is 8.07. The average molecular weight is 150 g/mol. The lowest BCUT2D eigenvalue weighted by Gasteiger charge is -2.06. The highest BCUT2D eigenvalue weighted by atomic mass is 32.2. The molecule has 0 aliphatic rings. The summed E-state index contributed by atoms with van der Waals surface area (Å²) in [4.78, 5) is 2.05. The van der Waals surface area contributed by atoms with Crippen LogP contribution in [0.4, 0.5) is 0 Å². The summed E-state index contributed by atoms with van der Waals surface area (Å²) in [5.41, 5.74) is 0. The van der Waals surface area contributed by atoms with Crippen molar-refractivity contribution in [3.8, 4) is 0 Å². The summed E-state index contributed by atoms with van der Waals surface area (Å²) in [6, 6.07) is 0. The van der Waals surface area contributed by atoms with Crippen LogP contribution in [-0.2, 0) is 11.0 Å². The second-order valence-electron chi connectivity index (χ2n) is 2.24. The van der Waals surface area contributed by atoms with Gasteiger partial charge in [-0.05, 0) is 27.1 Å². The molecule has 0 saturated carbocycles. The quantitative estimate of drug-likeness (QED) is 0.590. The Morgan fingerprint density at radius 2 is 2.11 bits per heavy atom. The van der Waals surface area contributed by atoms with Gasteiger partial charge in [-0.1, -0.05) is 0 Å². The highest BCUT2D eigenvalue weighted by Gasteiger charge is 1.92. The van der Waals surface area contributed by atoms with Crippen LogP contribution in [0, 0.1) is 0 Å². The molecule has 0 amide bonds. The van der Waals surface area contributed by atoms with Gasteiger partial charge in [0, 0.05) is 5.75 Å². The maximum atomic E-state index is 10.3. The minimum absolute atomic E-state index is 0.609. The molecule has 1 atom stereocenters. The summed E-state index contributed by atoms with van der Waals surface area (Å²) in [7, 11) is 2.86. The van der Waals surface area contributed by atoms with Gasteiger partial charge in [-0.2, -0.15) is 0 Å². The zero-order valence-electron chi connectivity index (χ0n) is 5.96. The van der Waals surface area contributed by atoms with E-state index >= 15 is 0 Å². The molecule has 0 heterocycles. The van der Waals surface area contributed by atoms with Crippen molar-refractivity contribution in [2.24, 2.45) is 5.14 Å². The van der Waals surface area contributed by atoms with E-state index < -0.39 is 11.0 Å². The van der Waals surface area contributed by atoms with Crippen molar-refractivity contribution < 1.29 is 4.21 Å². The molecular formula is C5H14N2OS. The summed E-state index contributed by atoms with van der Waals surface area (Å²) < 4.78 is 10.3. The number of nitrogens with zero attached hydrogens (tertiary/aromatic N) is 1. The fraction of sp³-hybridized carbons (Fsp3) is 1.00. The number of hydrogen-bond donors (Lipinski definition) is 1. The normalized spacial score (nSPS) is 14.2. The van der Waals surface area contributed by atoms with E-state index in [9.17, 15) is 4.21 Å². The second-order valence-corrected chi connectivity index (χ2v) is 3.41. The van der Waals surface area contributed by atoms with Crippen LogP contribution in [0.1, 0.15) is 6.42 Å². The van der Waals surface area contributed by atoms with Gasteiger partial charge < -0.3 is 4.90 Å². The highest BCUT2D eigenvalue weighted by Crippen LogP contribution is 1.83. The van der Waals surface area contributed by atoms with Crippen molar-refractivity contribution >= 4 is 11.0 Å². The third-order valence-corrected chi connectivity index (χ3v) is 1.64. The van der Waals surface area contributed by atoms with Gasteiger partial charge in [0.2, 0.25) is 0 Å². The van der Waals surface area contributed by atoms with Gasteiger partial charge in [-0.3, -0.25) is 5.14 Å². The SMILES string of the molecule is CN(C)CCCS(N)=O. The molecule has 0 aromatic rings. The smallest absolute Gasteiger partial charge is 0.0888 e. The van der Waals surface area contributed by atoms with E-state index in [4.69, 9.17) is 5.14 Å². The van der Waals surface area contributed by atoms with Crippen LogP contribution in [0.3, 0.4) is 0 Å². The van der Waals surface area contributed by atoms with Crippen LogP contribution in [-0.4, -0.2) is 35.5 Å². The third-order valence-electron chi connectivity index (χ3n) is 0.951. The summed E-state index contributed by atoms with van der Waals surface area (Å²) in [6.07, 6.45) is 0.913. The molecule has 0 aliphatic carbocycles. The first kappa shape index (κ1) is 9.07. The van der Waals surface area contributed by atoms with Gasteiger partial charge in [0.1, 0.15) is 0 Å². The van der Waals surface area contributed by atoms with Crippen molar-refractivity contribution in [2.45, 2.75) is 6.42 Å². The fourth-order valence-corrected chi connectivity index (χ4v) is 0.937. The zero-order valence-corrected chi connectivity index (χ0v) is 6.78. The molecular weight excluding hydrogens is 136 g/mol. The van der Waals surface area contributed by atoms with Crippen molar-refractivity contribution in [3.63, 3.8) is 0 Å². The molecule has 0 saturated heterocycles. The maximum absolute atomic E-state index is 10.3. The van der Waals surface area contributed by atoms with Crippen LogP contribution in [0.2, 0.25) is 0 Å². The topological polar surface area (TPSA) is 46.3 Å². The predicted octanol–water partition coefficient (Wildman–Crippen LogP) is -0.439. The lowest BCUT2D eigenvalue weighted by atomic mass is 10.5. The maximum Gasteiger partial charge on any atom is 0.0888 e. The van der Waals surface area contributed by atoms with Crippen LogP contribution in [0.15, 0.2) is 0 Å². The van der Waals surface area contributed by atoms with Gasteiger partial charge in [-0.25, -0.2) is 4.21 Å². The molecule has 2 N–H and O–H groups in total. The molecule has 1 unspecified atom stereocenters. The lowest BCUT2D eigenvalue weighted by Crippen LogP contribution is -2.17. The summed E-state index contributed by atoms with van der Waals surface area (Å²) in [6.45, 7) is 0.961. The summed E-state index contributed by atoms with van der Waals surface area (Å²) >= 11 is 0. The Bertz CT molecular complexity index is 95.0. The van der Waals surface area contributed by atoms with Crippen LogP contribution in [0.25, 0.3) is 0 Å². The minimum atomic E-state index is -1.11. The monoisotopic (exact) mass is 150 g/mol. The Morgan fingerprint density at radius 3 is 2.44 bits per heavy atom. The van der Waals surface area contributed by atoms with Crippen LogP contribution in [0.5, 0.6) is 0 Å². The number of nitrogens with two attached hydrogens (primary N) is 1. The Morgan fingerprint density at radius 1 is 1.56 bits per heavy atom. The number of rotatable bonds is 4. The molecule has 0 bridgehead atoms. The largest absolute Gasteiger partial charge is 0.309 e. The van der Waals surface area contributed by atoms with E-state index in [0.29, 0.717) is 5.75 Å². The van der Waals surface area contributed by atoms with E-state index in [1.807, 2.05) is 19.0 Å². The molecule has 0 rings (SSSR count). The molecule has 0 radical (unpaired) electrons. The molecule has 0 spiro atoms. The van der Waals surface area contributed by atoms with E-state index in [-0.39, 0.29) is 0 Å². The Hall–Kier alpha value is 0.0700. The molecule has 9 heavy (non-hydrogen) atoms. The van der Waals surface area contributed by atoms with Gasteiger partial charge in [0.25, 0.3) is 0 Å². The predicted molar refractivity (Wildman–Crippen MR) is 40.4 cm³/mol. The average Bonchev–Trinajstić information content (AvgIpc) is 1.63. The molecule has 0 aromatic carbocycles. The van der Waals surface area contributed by atoms with E-state index in [1.54, 1.807) is 0 Å². The first-order valence-corrected chi connectivity index (χ1v) is 4.28. The van der Waals surface area contributed by atoms with E-state index in [0.717, 1.165) is 13.0 Å². The first-order chi connectivity index (χ1) is 4.13. The Kier molecular flexibility index (Phi) is 4.94. The fourth-order valence-electron chi connectivity index (χ4n) is 0.523. The Labute approximate surface area is 58.8 Å². The second kappa shape index (κ2) is 4.90. The summed E-state index contributed by atoms with van der Waals surface area (Å²) in [5.74, 6) is 0.609. The van der Waals surface area contributed by atoms with Crippen LogP contribution >= 0.6 is 0 Å².